The van der Waals surface area contributed by atoms with Gasteiger partial charge in [0, 0.05) is 19.1 Å². The van der Waals surface area contributed by atoms with Crippen molar-refractivity contribution in [1.82, 2.24) is 9.80 Å². The molecule has 29 heavy (non-hydrogen) atoms. The largest absolute Gasteiger partial charge is 0.486 e. The summed E-state index contributed by atoms with van der Waals surface area (Å²) < 4.78 is 24.8. The molecule has 154 valence electrons. The second kappa shape index (κ2) is 8.82. The number of hydrogen-bond donors (Lipinski definition) is 0. The SMILES string of the molecule is CCN(Cc1cccc(F)c1)C(=O)CN1CCC[C@H]1c1ccc2c(c1)OCCO2. The number of carbonyl (C=O) groups excluding carboxylic acids is 1. The molecule has 2 heterocycles. The molecule has 2 aliphatic heterocycles. The molecule has 0 aliphatic carbocycles. The molecule has 0 spiro atoms. The highest BCUT2D eigenvalue weighted by Crippen LogP contribution is 2.38. The molecule has 0 N–H and O–H groups in total. The number of benzene rings is 2. The van der Waals surface area contributed by atoms with E-state index in [2.05, 4.69) is 11.0 Å². The maximum Gasteiger partial charge on any atom is 0.237 e. The quantitative estimate of drug-likeness (QED) is 0.743. The fourth-order valence-corrected chi connectivity index (χ4v) is 4.17. The Morgan fingerprint density at radius 2 is 2.00 bits per heavy atom. The summed E-state index contributed by atoms with van der Waals surface area (Å²) in [4.78, 5) is 17.0. The monoisotopic (exact) mass is 398 g/mol. The summed E-state index contributed by atoms with van der Waals surface area (Å²) in [5.41, 5.74) is 1.97. The van der Waals surface area contributed by atoms with Crippen LogP contribution in [-0.4, -0.2) is 48.6 Å². The van der Waals surface area contributed by atoms with Crippen LogP contribution in [0.2, 0.25) is 0 Å². The van der Waals surface area contributed by atoms with E-state index in [4.69, 9.17) is 9.47 Å². The molecule has 1 amide bonds. The van der Waals surface area contributed by atoms with Gasteiger partial charge in [-0.25, -0.2) is 4.39 Å². The van der Waals surface area contributed by atoms with Gasteiger partial charge in [-0.3, -0.25) is 9.69 Å². The first-order valence-corrected chi connectivity index (χ1v) is 10.3. The van der Waals surface area contributed by atoms with Gasteiger partial charge in [0.2, 0.25) is 5.91 Å². The molecule has 0 saturated carbocycles. The molecule has 2 aromatic rings. The number of amides is 1. The molecule has 0 aromatic heterocycles. The van der Waals surface area contributed by atoms with Gasteiger partial charge in [-0.1, -0.05) is 18.2 Å². The zero-order valence-corrected chi connectivity index (χ0v) is 16.8. The van der Waals surface area contributed by atoms with Crippen molar-refractivity contribution in [3.63, 3.8) is 0 Å². The Kier molecular flexibility index (Phi) is 6.00. The van der Waals surface area contributed by atoms with Crippen molar-refractivity contribution in [3.8, 4) is 11.5 Å². The van der Waals surface area contributed by atoms with E-state index in [0.29, 0.717) is 32.8 Å². The van der Waals surface area contributed by atoms with Crippen LogP contribution < -0.4 is 9.47 Å². The maximum absolute atomic E-state index is 13.5. The normalized spacial score (nSPS) is 18.6. The molecule has 6 heteroatoms. The summed E-state index contributed by atoms with van der Waals surface area (Å²) in [6.45, 7) is 5.38. The molecule has 5 nitrogen and oxygen atoms in total. The van der Waals surface area contributed by atoms with Crippen molar-refractivity contribution in [1.29, 1.82) is 0 Å². The second-order valence-corrected chi connectivity index (χ2v) is 7.57. The Morgan fingerprint density at radius 3 is 2.79 bits per heavy atom. The van der Waals surface area contributed by atoms with Gasteiger partial charge in [-0.2, -0.15) is 0 Å². The van der Waals surface area contributed by atoms with E-state index in [-0.39, 0.29) is 17.8 Å². The van der Waals surface area contributed by atoms with Crippen LogP contribution in [0.5, 0.6) is 11.5 Å². The van der Waals surface area contributed by atoms with Crippen LogP contribution in [0.1, 0.15) is 36.9 Å². The molecule has 1 fully saturated rings. The van der Waals surface area contributed by atoms with Crippen molar-refractivity contribution in [2.75, 3.05) is 32.8 Å². The van der Waals surface area contributed by atoms with E-state index in [0.717, 1.165) is 42.0 Å². The molecule has 2 aromatic carbocycles. The second-order valence-electron chi connectivity index (χ2n) is 7.57. The summed E-state index contributed by atoms with van der Waals surface area (Å²) in [6, 6.07) is 12.7. The molecule has 1 saturated heterocycles. The summed E-state index contributed by atoms with van der Waals surface area (Å²) in [6.07, 6.45) is 2.07. The number of hydrogen-bond acceptors (Lipinski definition) is 4. The van der Waals surface area contributed by atoms with E-state index in [1.165, 1.54) is 12.1 Å². The van der Waals surface area contributed by atoms with Crippen molar-refractivity contribution < 1.29 is 18.7 Å². The fraction of sp³-hybridized carbons (Fsp3) is 0.435. The molecule has 2 aliphatic rings. The number of carbonyl (C=O) groups is 1. The van der Waals surface area contributed by atoms with Crippen LogP contribution in [0.3, 0.4) is 0 Å². The number of ether oxygens (including phenoxy) is 2. The third-order valence-corrected chi connectivity index (χ3v) is 5.65. The highest BCUT2D eigenvalue weighted by molar-refractivity contribution is 5.78. The van der Waals surface area contributed by atoms with Gasteiger partial charge >= 0.3 is 0 Å². The molecule has 4 rings (SSSR count). The number of rotatable bonds is 6. The number of likely N-dealkylation sites (N-methyl/N-ethyl adjacent to an activating group) is 1. The number of halogens is 1. The average molecular weight is 398 g/mol. The number of fused-ring (bicyclic) bond motifs is 1. The van der Waals surface area contributed by atoms with Gasteiger partial charge in [-0.15, -0.1) is 0 Å². The fourth-order valence-electron chi connectivity index (χ4n) is 4.17. The molecule has 0 unspecified atom stereocenters. The van der Waals surface area contributed by atoms with Gasteiger partial charge in [0.1, 0.15) is 19.0 Å². The first-order valence-electron chi connectivity index (χ1n) is 10.3. The Labute approximate surface area is 171 Å². The predicted octanol–water partition coefficient (Wildman–Crippen LogP) is 3.78. The Bertz CT molecular complexity index is 873. The maximum atomic E-state index is 13.5. The number of likely N-dealkylation sites (tertiary alicyclic amines) is 1. The van der Waals surface area contributed by atoms with Gasteiger partial charge in [0.05, 0.1) is 6.54 Å². The van der Waals surface area contributed by atoms with E-state index in [9.17, 15) is 9.18 Å². The van der Waals surface area contributed by atoms with E-state index >= 15 is 0 Å². The standard InChI is InChI=1S/C23H27FN2O3/c1-2-25(15-17-5-3-6-19(24)13-17)23(27)16-26-10-4-7-20(26)18-8-9-21-22(14-18)29-12-11-28-21/h3,5-6,8-9,13-14,20H,2,4,7,10-12,15-16H2,1H3/t20-/m0/s1. The van der Waals surface area contributed by atoms with Crippen LogP contribution >= 0.6 is 0 Å². The van der Waals surface area contributed by atoms with Crippen LogP contribution in [0.15, 0.2) is 42.5 Å². The van der Waals surface area contributed by atoms with Crippen LogP contribution in [0.4, 0.5) is 4.39 Å². The third-order valence-electron chi connectivity index (χ3n) is 5.65. The first-order chi connectivity index (χ1) is 14.1. The predicted molar refractivity (Wildman–Crippen MR) is 108 cm³/mol. The van der Waals surface area contributed by atoms with Gasteiger partial charge in [0.25, 0.3) is 0 Å². The minimum absolute atomic E-state index is 0.0706. The highest BCUT2D eigenvalue weighted by Gasteiger charge is 2.30. The first kappa shape index (κ1) is 19.7. The molecule has 0 radical (unpaired) electrons. The minimum atomic E-state index is -0.274. The molecular formula is C23H27FN2O3. The zero-order chi connectivity index (χ0) is 20.2. The lowest BCUT2D eigenvalue weighted by Gasteiger charge is -2.29. The minimum Gasteiger partial charge on any atom is -0.486 e. The topological polar surface area (TPSA) is 42.0 Å². The zero-order valence-electron chi connectivity index (χ0n) is 16.8. The van der Waals surface area contributed by atoms with Gasteiger partial charge < -0.3 is 14.4 Å². The Hall–Kier alpha value is -2.60. The number of nitrogens with zero attached hydrogens (tertiary/aromatic N) is 2. The van der Waals surface area contributed by atoms with Crippen LogP contribution in [0, 0.1) is 5.82 Å². The summed E-state index contributed by atoms with van der Waals surface area (Å²) in [5.74, 6) is 1.37. The summed E-state index contributed by atoms with van der Waals surface area (Å²) >= 11 is 0. The Morgan fingerprint density at radius 1 is 1.17 bits per heavy atom. The lowest BCUT2D eigenvalue weighted by molar-refractivity contribution is -0.133. The highest BCUT2D eigenvalue weighted by atomic mass is 19.1. The third kappa shape index (κ3) is 4.53. The van der Waals surface area contributed by atoms with Crippen LogP contribution in [-0.2, 0) is 11.3 Å². The van der Waals surface area contributed by atoms with Crippen molar-refractivity contribution in [2.24, 2.45) is 0 Å². The van der Waals surface area contributed by atoms with Crippen molar-refractivity contribution in [3.05, 3.63) is 59.4 Å². The van der Waals surface area contributed by atoms with Crippen molar-refractivity contribution >= 4 is 5.91 Å². The van der Waals surface area contributed by atoms with E-state index in [1.807, 2.05) is 25.1 Å². The summed E-state index contributed by atoms with van der Waals surface area (Å²) in [7, 11) is 0. The van der Waals surface area contributed by atoms with Gasteiger partial charge in [-0.05, 0) is 61.7 Å². The lowest BCUT2D eigenvalue weighted by Crippen LogP contribution is -2.39. The van der Waals surface area contributed by atoms with E-state index in [1.54, 1.807) is 11.0 Å². The average Bonchev–Trinajstić information content (AvgIpc) is 3.19. The lowest BCUT2D eigenvalue weighted by atomic mass is 10.0. The van der Waals surface area contributed by atoms with E-state index < -0.39 is 0 Å². The smallest absolute Gasteiger partial charge is 0.237 e. The Balaban J connectivity index is 1.44. The summed E-state index contributed by atoms with van der Waals surface area (Å²) in [5, 5.41) is 0. The van der Waals surface area contributed by atoms with Crippen LogP contribution in [0.25, 0.3) is 0 Å². The molecular weight excluding hydrogens is 371 g/mol. The van der Waals surface area contributed by atoms with Crippen molar-refractivity contribution in [2.45, 2.75) is 32.4 Å². The molecule has 1 atom stereocenters. The molecule has 0 bridgehead atoms. The van der Waals surface area contributed by atoms with Gasteiger partial charge in [0.15, 0.2) is 11.5 Å².